The fourth-order valence-electron chi connectivity index (χ4n) is 2.03. The molecule has 0 saturated carbocycles. The lowest BCUT2D eigenvalue weighted by atomic mass is 10.1. The first-order chi connectivity index (χ1) is 8.96. The van der Waals surface area contributed by atoms with Crippen molar-refractivity contribution < 1.29 is 16.8 Å². The maximum atomic E-state index is 12.3. The molecule has 1 aromatic rings. The molecule has 0 fully saturated rings. The summed E-state index contributed by atoms with van der Waals surface area (Å²) in [4.78, 5) is 0.120. The Morgan fingerprint density at radius 3 is 2.15 bits per heavy atom. The molecule has 1 aromatic carbocycles. The van der Waals surface area contributed by atoms with Gasteiger partial charge in [-0.05, 0) is 37.5 Å². The molecule has 0 aromatic heterocycles. The Balaban J connectivity index is 3.14. The van der Waals surface area contributed by atoms with Crippen LogP contribution in [-0.4, -0.2) is 35.4 Å². The number of nitrogens with one attached hydrogen (secondary N) is 1. The molecule has 6 nitrogen and oxygen atoms in total. The van der Waals surface area contributed by atoms with Crippen LogP contribution in [0.4, 0.5) is 5.69 Å². The summed E-state index contributed by atoms with van der Waals surface area (Å²) in [6, 6.07) is 1.70. The Morgan fingerprint density at radius 2 is 1.65 bits per heavy atom. The van der Waals surface area contributed by atoms with Gasteiger partial charge in [0.15, 0.2) is 0 Å². The van der Waals surface area contributed by atoms with Gasteiger partial charge in [-0.2, -0.15) is 0 Å². The molecule has 8 heteroatoms. The molecule has 0 atom stereocenters. The average molecular weight is 320 g/mol. The predicted molar refractivity (Wildman–Crippen MR) is 80.0 cm³/mol. The van der Waals surface area contributed by atoms with Crippen LogP contribution in [0.1, 0.15) is 16.7 Å². The standard InChI is InChI=1S/C12H20N2O4S2/c1-8-7-9(2)12(10(3)11(8)13)20(17,18)14-5-6-19(4,15)16/h7,14H,5-6,13H2,1-4H3. The van der Waals surface area contributed by atoms with E-state index in [1.807, 2.05) is 6.92 Å². The first-order valence-electron chi connectivity index (χ1n) is 5.99. The summed E-state index contributed by atoms with van der Waals surface area (Å²) < 4.78 is 48.9. The third kappa shape index (κ3) is 3.94. The SMILES string of the molecule is Cc1cc(C)c(S(=O)(=O)NCCS(C)(=O)=O)c(C)c1N. The molecule has 0 unspecified atom stereocenters. The number of sulfonamides is 1. The molecular formula is C12H20N2O4S2. The van der Waals surface area contributed by atoms with E-state index in [0.717, 1.165) is 11.8 Å². The fraction of sp³-hybridized carbons (Fsp3) is 0.500. The Hall–Kier alpha value is -1.12. The molecule has 0 radical (unpaired) electrons. The molecule has 0 spiro atoms. The van der Waals surface area contributed by atoms with Crippen molar-refractivity contribution in [1.82, 2.24) is 4.72 Å². The van der Waals surface area contributed by atoms with Gasteiger partial charge in [-0.25, -0.2) is 21.6 Å². The van der Waals surface area contributed by atoms with Crippen LogP contribution >= 0.6 is 0 Å². The summed E-state index contributed by atoms with van der Waals surface area (Å²) in [5.41, 5.74) is 8.17. The van der Waals surface area contributed by atoms with Crippen molar-refractivity contribution in [2.45, 2.75) is 25.7 Å². The number of nitrogens with two attached hydrogens (primary N) is 1. The van der Waals surface area contributed by atoms with Crippen LogP contribution in [0.5, 0.6) is 0 Å². The summed E-state index contributed by atoms with van der Waals surface area (Å²) in [6.45, 7) is 4.97. The van der Waals surface area contributed by atoms with Gasteiger partial charge in [0.25, 0.3) is 0 Å². The van der Waals surface area contributed by atoms with Gasteiger partial charge in [0.05, 0.1) is 10.6 Å². The maximum Gasteiger partial charge on any atom is 0.241 e. The van der Waals surface area contributed by atoms with E-state index >= 15 is 0 Å². The fourth-order valence-corrected chi connectivity index (χ4v) is 4.14. The van der Waals surface area contributed by atoms with Gasteiger partial charge < -0.3 is 5.73 Å². The van der Waals surface area contributed by atoms with E-state index in [0.29, 0.717) is 16.8 Å². The van der Waals surface area contributed by atoms with Crippen molar-refractivity contribution in [2.24, 2.45) is 0 Å². The zero-order valence-electron chi connectivity index (χ0n) is 12.0. The quantitative estimate of drug-likeness (QED) is 0.769. The molecule has 3 N–H and O–H groups in total. The summed E-state index contributed by atoms with van der Waals surface area (Å²) in [5, 5.41) is 0. The number of benzene rings is 1. The van der Waals surface area contributed by atoms with E-state index < -0.39 is 19.9 Å². The Kier molecular flexibility index (Phi) is 4.83. The molecule has 1 rings (SSSR count). The molecule has 0 bridgehead atoms. The molecule has 0 aliphatic heterocycles. The van der Waals surface area contributed by atoms with Crippen molar-refractivity contribution in [3.8, 4) is 0 Å². The van der Waals surface area contributed by atoms with E-state index in [1.165, 1.54) is 0 Å². The van der Waals surface area contributed by atoms with E-state index in [1.54, 1.807) is 19.9 Å². The number of hydrogen-bond donors (Lipinski definition) is 2. The number of nitrogen functional groups attached to an aromatic ring is 1. The van der Waals surface area contributed by atoms with Crippen molar-refractivity contribution in [1.29, 1.82) is 0 Å². The highest BCUT2D eigenvalue weighted by Crippen LogP contribution is 2.27. The largest absolute Gasteiger partial charge is 0.398 e. The van der Waals surface area contributed by atoms with Crippen molar-refractivity contribution >= 4 is 25.5 Å². The highest BCUT2D eigenvalue weighted by molar-refractivity contribution is 7.91. The monoisotopic (exact) mass is 320 g/mol. The van der Waals surface area contributed by atoms with Gasteiger partial charge in [0.1, 0.15) is 9.84 Å². The van der Waals surface area contributed by atoms with Crippen LogP contribution in [0, 0.1) is 20.8 Å². The van der Waals surface area contributed by atoms with Crippen molar-refractivity contribution in [2.75, 3.05) is 24.3 Å². The van der Waals surface area contributed by atoms with Gasteiger partial charge in [0.2, 0.25) is 10.0 Å². The van der Waals surface area contributed by atoms with Gasteiger partial charge >= 0.3 is 0 Å². The average Bonchev–Trinajstić information content (AvgIpc) is 2.23. The molecule has 114 valence electrons. The van der Waals surface area contributed by atoms with Gasteiger partial charge in [0, 0.05) is 18.5 Å². The summed E-state index contributed by atoms with van der Waals surface area (Å²) in [7, 11) is -6.99. The van der Waals surface area contributed by atoms with Crippen LogP contribution in [0.25, 0.3) is 0 Å². The second-order valence-corrected chi connectivity index (χ2v) is 8.87. The van der Waals surface area contributed by atoms with E-state index in [4.69, 9.17) is 5.73 Å². The topological polar surface area (TPSA) is 106 Å². The number of hydrogen-bond acceptors (Lipinski definition) is 5. The Labute approximate surface area is 120 Å². The van der Waals surface area contributed by atoms with Gasteiger partial charge in [-0.3, -0.25) is 0 Å². The number of aryl methyl sites for hydroxylation is 2. The lowest BCUT2D eigenvalue weighted by Gasteiger charge is -2.15. The Bertz CT molecular complexity index is 722. The van der Waals surface area contributed by atoms with E-state index in [-0.39, 0.29) is 17.2 Å². The lowest BCUT2D eigenvalue weighted by molar-refractivity contribution is 0.581. The van der Waals surface area contributed by atoms with Crippen LogP contribution in [0.15, 0.2) is 11.0 Å². The third-order valence-electron chi connectivity index (χ3n) is 2.99. The molecule has 0 heterocycles. The van der Waals surface area contributed by atoms with Crippen LogP contribution in [0.3, 0.4) is 0 Å². The smallest absolute Gasteiger partial charge is 0.241 e. The Morgan fingerprint density at radius 1 is 1.10 bits per heavy atom. The van der Waals surface area contributed by atoms with Crippen molar-refractivity contribution in [3.63, 3.8) is 0 Å². The lowest BCUT2D eigenvalue weighted by Crippen LogP contribution is -2.30. The first-order valence-corrected chi connectivity index (χ1v) is 9.54. The zero-order valence-corrected chi connectivity index (χ0v) is 13.7. The predicted octanol–water partition coefficient (Wildman–Crippen LogP) is 0.517. The normalized spacial score (nSPS) is 12.6. The molecule has 0 saturated heterocycles. The molecule has 0 amide bonds. The third-order valence-corrected chi connectivity index (χ3v) is 5.69. The maximum absolute atomic E-state index is 12.3. The highest BCUT2D eigenvalue weighted by Gasteiger charge is 2.22. The van der Waals surface area contributed by atoms with Crippen LogP contribution < -0.4 is 10.5 Å². The second-order valence-electron chi connectivity index (χ2n) is 4.91. The molecule has 0 aliphatic carbocycles. The molecule has 20 heavy (non-hydrogen) atoms. The number of anilines is 1. The first kappa shape index (κ1) is 16.9. The summed E-state index contributed by atoms with van der Waals surface area (Å²) in [5.74, 6) is -0.244. The van der Waals surface area contributed by atoms with E-state index in [2.05, 4.69) is 4.72 Å². The minimum absolute atomic E-state index is 0.120. The number of sulfone groups is 1. The zero-order chi connectivity index (χ0) is 15.7. The van der Waals surface area contributed by atoms with Crippen molar-refractivity contribution in [3.05, 3.63) is 22.8 Å². The second kappa shape index (κ2) is 5.71. The minimum atomic E-state index is -3.78. The minimum Gasteiger partial charge on any atom is -0.398 e. The van der Waals surface area contributed by atoms with Crippen LogP contribution in [0.2, 0.25) is 0 Å². The van der Waals surface area contributed by atoms with E-state index in [9.17, 15) is 16.8 Å². The van der Waals surface area contributed by atoms with Crippen LogP contribution in [-0.2, 0) is 19.9 Å². The molecule has 0 aliphatic rings. The molecular weight excluding hydrogens is 300 g/mol. The number of rotatable bonds is 5. The highest BCUT2D eigenvalue weighted by atomic mass is 32.2. The van der Waals surface area contributed by atoms with Gasteiger partial charge in [-0.1, -0.05) is 6.07 Å². The van der Waals surface area contributed by atoms with Gasteiger partial charge in [-0.15, -0.1) is 0 Å². The summed E-state index contributed by atoms with van der Waals surface area (Å²) >= 11 is 0. The summed E-state index contributed by atoms with van der Waals surface area (Å²) in [6.07, 6.45) is 1.06.